The fourth-order valence-corrected chi connectivity index (χ4v) is 4.58. The van der Waals surface area contributed by atoms with Crippen LogP contribution in [0.25, 0.3) is 0 Å². The summed E-state index contributed by atoms with van der Waals surface area (Å²) in [6.45, 7) is 6.00. The number of carbonyl (C=O) groups is 3. The molecule has 0 heterocycles. The number of aliphatic hydroxyl groups excluding tert-OH is 1. The highest BCUT2D eigenvalue weighted by atomic mass is 16.5. The van der Waals surface area contributed by atoms with Gasteiger partial charge in [0, 0.05) is 18.8 Å². The first-order valence-electron chi connectivity index (χ1n) is 13.6. The number of benzene rings is 2. The average molecular weight is 541 g/mol. The second-order valence-corrected chi connectivity index (χ2v) is 10.6. The number of hydrogen-bond acceptors (Lipinski definition) is 8. The van der Waals surface area contributed by atoms with Gasteiger partial charge < -0.3 is 28.8 Å². The molecule has 8 heteroatoms. The predicted molar refractivity (Wildman–Crippen MR) is 146 cm³/mol. The Hall–Kier alpha value is -3.39. The van der Waals surface area contributed by atoms with E-state index in [1.807, 2.05) is 55.5 Å². The molecule has 8 nitrogen and oxygen atoms in total. The molecule has 5 unspecified atom stereocenters. The molecular weight excluding hydrogens is 500 g/mol. The minimum absolute atomic E-state index is 0.0225. The lowest BCUT2D eigenvalue weighted by Gasteiger charge is -2.30. The van der Waals surface area contributed by atoms with Crippen molar-refractivity contribution in [3.05, 3.63) is 59.7 Å². The minimum atomic E-state index is -0.881. The molecule has 212 valence electrons. The Bertz CT molecular complexity index is 1050. The van der Waals surface area contributed by atoms with Crippen molar-refractivity contribution in [3.8, 4) is 11.5 Å². The first-order valence-corrected chi connectivity index (χ1v) is 13.6. The molecule has 2 aromatic rings. The van der Waals surface area contributed by atoms with Gasteiger partial charge in [-0.2, -0.15) is 0 Å². The van der Waals surface area contributed by atoms with Gasteiger partial charge in [0.1, 0.15) is 37.1 Å². The van der Waals surface area contributed by atoms with E-state index in [1.54, 1.807) is 0 Å². The van der Waals surface area contributed by atoms with E-state index in [4.69, 9.17) is 18.9 Å². The SMILES string of the molecule is CC(=O)OCC(O)COc1ccc(Cc2ccc(OCC(C)COC(=O)C3CCC(C)CC3C=O)cc2)cc1. The van der Waals surface area contributed by atoms with Gasteiger partial charge in [-0.05, 0) is 67.0 Å². The van der Waals surface area contributed by atoms with Crippen LogP contribution in [0, 0.1) is 23.7 Å². The molecule has 0 bridgehead atoms. The van der Waals surface area contributed by atoms with Crippen molar-refractivity contribution in [1.29, 1.82) is 0 Å². The molecule has 1 aliphatic rings. The summed E-state index contributed by atoms with van der Waals surface area (Å²) >= 11 is 0. The Morgan fingerprint density at radius 1 is 0.897 bits per heavy atom. The monoisotopic (exact) mass is 540 g/mol. The number of rotatable bonds is 14. The molecule has 1 aliphatic carbocycles. The van der Waals surface area contributed by atoms with Crippen molar-refractivity contribution in [1.82, 2.24) is 0 Å². The van der Waals surface area contributed by atoms with Crippen LogP contribution in [-0.4, -0.2) is 55.9 Å². The fourth-order valence-electron chi connectivity index (χ4n) is 4.58. The zero-order valence-electron chi connectivity index (χ0n) is 23.0. The first kappa shape index (κ1) is 30.2. The summed E-state index contributed by atoms with van der Waals surface area (Å²) in [5.41, 5.74) is 2.23. The minimum Gasteiger partial charge on any atom is -0.493 e. The molecule has 0 amide bonds. The number of carbonyl (C=O) groups excluding carboxylic acids is 3. The Morgan fingerprint density at radius 3 is 2.05 bits per heavy atom. The van der Waals surface area contributed by atoms with Gasteiger partial charge in [-0.3, -0.25) is 9.59 Å². The van der Waals surface area contributed by atoms with Gasteiger partial charge in [-0.25, -0.2) is 0 Å². The molecule has 1 fully saturated rings. The van der Waals surface area contributed by atoms with Gasteiger partial charge in [0.25, 0.3) is 0 Å². The Kier molecular flexibility index (Phi) is 11.8. The van der Waals surface area contributed by atoms with Gasteiger partial charge >= 0.3 is 11.9 Å². The van der Waals surface area contributed by atoms with E-state index in [0.717, 1.165) is 42.4 Å². The number of esters is 2. The molecule has 0 radical (unpaired) electrons. The highest BCUT2D eigenvalue weighted by Gasteiger charge is 2.34. The van der Waals surface area contributed by atoms with Crippen molar-refractivity contribution in [2.75, 3.05) is 26.4 Å². The molecular formula is C31H40O8. The Labute approximate surface area is 230 Å². The van der Waals surface area contributed by atoms with Crippen molar-refractivity contribution in [2.24, 2.45) is 23.7 Å². The average Bonchev–Trinajstić information content (AvgIpc) is 2.93. The van der Waals surface area contributed by atoms with E-state index in [0.29, 0.717) is 24.7 Å². The molecule has 0 spiro atoms. The highest BCUT2D eigenvalue weighted by Crippen LogP contribution is 2.33. The smallest absolute Gasteiger partial charge is 0.309 e. The maximum absolute atomic E-state index is 12.5. The van der Waals surface area contributed by atoms with Gasteiger partial charge in [0.05, 0.1) is 19.1 Å². The lowest BCUT2D eigenvalue weighted by atomic mass is 9.75. The molecule has 1 N–H and O–H groups in total. The van der Waals surface area contributed by atoms with Crippen LogP contribution in [0.3, 0.4) is 0 Å². The van der Waals surface area contributed by atoms with Crippen LogP contribution in [0.1, 0.15) is 51.2 Å². The fraction of sp³-hybridized carbons (Fsp3) is 0.516. The Morgan fingerprint density at radius 2 is 1.49 bits per heavy atom. The van der Waals surface area contributed by atoms with Crippen molar-refractivity contribution >= 4 is 18.2 Å². The summed E-state index contributed by atoms with van der Waals surface area (Å²) in [5, 5.41) is 9.78. The van der Waals surface area contributed by atoms with Crippen LogP contribution in [0.2, 0.25) is 0 Å². The van der Waals surface area contributed by atoms with Gasteiger partial charge in [0.2, 0.25) is 0 Å². The summed E-state index contributed by atoms with van der Waals surface area (Å²) in [6, 6.07) is 15.5. The number of ether oxygens (including phenoxy) is 4. The summed E-state index contributed by atoms with van der Waals surface area (Å²) in [6.07, 6.45) is 3.18. The molecule has 3 rings (SSSR count). The van der Waals surface area contributed by atoms with Gasteiger partial charge in [-0.15, -0.1) is 0 Å². The van der Waals surface area contributed by atoms with Gasteiger partial charge in [0.15, 0.2) is 0 Å². The van der Waals surface area contributed by atoms with Gasteiger partial charge in [-0.1, -0.05) is 38.1 Å². The molecule has 0 aliphatic heterocycles. The molecule has 0 saturated heterocycles. The van der Waals surface area contributed by atoms with Crippen LogP contribution in [0.5, 0.6) is 11.5 Å². The maximum atomic E-state index is 12.5. The van der Waals surface area contributed by atoms with Crippen LogP contribution in [-0.2, 0) is 30.3 Å². The molecule has 1 saturated carbocycles. The van der Waals surface area contributed by atoms with E-state index < -0.39 is 12.1 Å². The third-order valence-electron chi connectivity index (χ3n) is 6.86. The van der Waals surface area contributed by atoms with Crippen LogP contribution < -0.4 is 9.47 Å². The van der Waals surface area contributed by atoms with E-state index in [2.05, 4.69) is 6.92 Å². The zero-order chi connectivity index (χ0) is 28.2. The number of aldehydes is 1. The normalized spacial score (nSPS) is 20.4. The maximum Gasteiger partial charge on any atom is 0.309 e. The topological polar surface area (TPSA) is 108 Å². The van der Waals surface area contributed by atoms with E-state index in [9.17, 15) is 19.5 Å². The van der Waals surface area contributed by atoms with Crippen LogP contribution >= 0.6 is 0 Å². The zero-order valence-corrected chi connectivity index (χ0v) is 23.0. The second-order valence-electron chi connectivity index (χ2n) is 10.6. The lowest BCUT2D eigenvalue weighted by Crippen LogP contribution is -2.33. The van der Waals surface area contributed by atoms with Crippen molar-refractivity contribution in [3.63, 3.8) is 0 Å². The predicted octanol–water partition coefficient (Wildman–Crippen LogP) is 4.39. The lowest BCUT2D eigenvalue weighted by molar-refractivity contribution is -0.155. The quantitative estimate of drug-likeness (QED) is 0.278. The number of hydrogen-bond donors (Lipinski definition) is 1. The molecule has 2 aromatic carbocycles. The third kappa shape index (κ3) is 10.4. The van der Waals surface area contributed by atoms with Crippen molar-refractivity contribution in [2.45, 2.75) is 52.6 Å². The third-order valence-corrected chi connectivity index (χ3v) is 6.86. The number of aliphatic hydroxyl groups is 1. The molecule has 39 heavy (non-hydrogen) atoms. The van der Waals surface area contributed by atoms with Crippen LogP contribution in [0.4, 0.5) is 0 Å². The van der Waals surface area contributed by atoms with E-state index >= 15 is 0 Å². The van der Waals surface area contributed by atoms with Crippen molar-refractivity contribution < 1.29 is 38.4 Å². The standard InChI is InChI=1S/C31H40O8/c1-21-4-13-30(26(14-21)16-32)31(35)39-18-22(2)17-37-28-9-5-24(6-10-28)15-25-7-11-29(12-8-25)38-20-27(34)19-36-23(3)33/h5-12,16,21-22,26-27,30,34H,4,13-15,17-20H2,1-3H3. The summed E-state index contributed by atoms with van der Waals surface area (Å²) in [7, 11) is 0. The Balaban J connectivity index is 1.37. The first-order chi connectivity index (χ1) is 18.7. The summed E-state index contributed by atoms with van der Waals surface area (Å²) < 4.78 is 21.7. The van der Waals surface area contributed by atoms with E-state index in [-0.39, 0.29) is 43.5 Å². The highest BCUT2D eigenvalue weighted by molar-refractivity contribution is 5.77. The largest absolute Gasteiger partial charge is 0.493 e. The van der Waals surface area contributed by atoms with E-state index in [1.165, 1.54) is 6.92 Å². The second kappa shape index (κ2) is 15.3. The molecule has 5 atom stereocenters. The summed E-state index contributed by atoms with van der Waals surface area (Å²) in [4.78, 5) is 34.7. The molecule has 0 aromatic heterocycles. The van der Waals surface area contributed by atoms with Crippen LogP contribution in [0.15, 0.2) is 48.5 Å². The summed E-state index contributed by atoms with van der Waals surface area (Å²) in [5.74, 6) is 0.587.